The molecule has 2 N–H and O–H groups in total. The number of nitrogens with zero attached hydrogens (tertiary/aromatic N) is 1. The molecule has 0 spiro atoms. The number of benzene rings is 2. The minimum atomic E-state index is -0.903. The molecule has 2 rings (SSSR count). The van der Waals surface area contributed by atoms with Gasteiger partial charge in [-0.15, -0.1) is 0 Å². The minimum Gasteiger partial charge on any atom is -0.490 e. The van der Waals surface area contributed by atoms with Crippen molar-refractivity contribution in [3.05, 3.63) is 64.2 Å². The molecule has 0 bridgehead atoms. The molecule has 0 amide bonds. The van der Waals surface area contributed by atoms with Gasteiger partial charge in [0.15, 0.2) is 5.75 Å². The molecule has 7 nitrogen and oxygen atoms in total. The van der Waals surface area contributed by atoms with Crippen molar-refractivity contribution in [1.29, 1.82) is 0 Å². The molecule has 132 valence electrons. The molecule has 0 aliphatic rings. The Balaban J connectivity index is 2.26. The Morgan fingerprint density at radius 1 is 1.24 bits per heavy atom. The van der Waals surface area contributed by atoms with Crippen molar-refractivity contribution in [3.63, 3.8) is 0 Å². The molecule has 0 saturated carbocycles. The number of carboxylic acids is 1. The van der Waals surface area contributed by atoms with Crippen molar-refractivity contribution in [3.8, 4) is 5.75 Å². The van der Waals surface area contributed by atoms with Crippen LogP contribution in [-0.4, -0.2) is 29.2 Å². The Morgan fingerprint density at radius 3 is 2.56 bits per heavy atom. The lowest BCUT2D eigenvalue weighted by atomic mass is 10.0. The van der Waals surface area contributed by atoms with Crippen LogP contribution in [0.25, 0.3) is 0 Å². The van der Waals surface area contributed by atoms with Crippen LogP contribution in [0.3, 0.4) is 0 Å². The van der Waals surface area contributed by atoms with Crippen LogP contribution in [0.4, 0.5) is 11.4 Å². The van der Waals surface area contributed by atoms with Crippen LogP contribution in [-0.2, 0) is 11.2 Å². The van der Waals surface area contributed by atoms with Gasteiger partial charge in [0.2, 0.25) is 0 Å². The van der Waals surface area contributed by atoms with E-state index in [9.17, 15) is 14.9 Å². The lowest BCUT2D eigenvalue weighted by Gasteiger charge is -2.20. The van der Waals surface area contributed by atoms with Gasteiger partial charge < -0.3 is 15.2 Å². The average molecular weight is 344 g/mol. The third-order valence-electron chi connectivity index (χ3n) is 3.79. The van der Waals surface area contributed by atoms with E-state index in [1.54, 1.807) is 12.1 Å². The van der Waals surface area contributed by atoms with Crippen molar-refractivity contribution < 1.29 is 19.6 Å². The van der Waals surface area contributed by atoms with Crippen LogP contribution in [0.5, 0.6) is 5.75 Å². The fraction of sp³-hybridized carbons (Fsp3) is 0.278. The summed E-state index contributed by atoms with van der Waals surface area (Å²) < 4.78 is 5.07. The first kappa shape index (κ1) is 18.3. The zero-order valence-electron chi connectivity index (χ0n) is 13.8. The number of methoxy groups -OCH3 is 1. The molecular weight excluding hydrogens is 324 g/mol. The molecule has 0 aromatic heterocycles. The number of ether oxygens (including phenoxy) is 1. The zero-order valence-corrected chi connectivity index (χ0v) is 13.8. The van der Waals surface area contributed by atoms with Gasteiger partial charge in [-0.25, -0.2) is 0 Å². The van der Waals surface area contributed by atoms with E-state index in [0.717, 1.165) is 5.56 Å². The van der Waals surface area contributed by atoms with E-state index in [-0.39, 0.29) is 23.9 Å². The predicted octanol–water partition coefficient (Wildman–Crippen LogP) is 3.49. The van der Waals surface area contributed by atoms with Crippen LogP contribution in [0.1, 0.15) is 18.4 Å². The van der Waals surface area contributed by atoms with E-state index < -0.39 is 10.9 Å². The number of carboxylic acid groups (broad SMARTS) is 1. The van der Waals surface area contributed by atoms with E-state index in [0.29, 0.717) is 18.5 Å². The minimum absolute atomic E-state index is 0.0255. The van der Waals surface area contributed by atoms with Crippen LogP contribution in [0.2, 0.25) is 0 Å². The summed E-state index contributed by atoms with van der Waals surface area (Å²) in [7, 11) is 1.37. The molecule has 2 aromatic rings. The van der Waals surface area contributed by atoms with Crippen LogP contribution in [0, 0.1) is 10.1 Å². The van der Waals surface area contributed by atoms with E-state index in [1.165, 1.54) is 13.2 Å². The first-order chi connectivity index (χ1) is 12.0. The molecule has 1 unspecified atom stereocenters. The summed E-state index contributed by atoms with van der Waals surface area (Å²) in [6.45, 7) is 0. The second-order valence-electron chi connectivity index (χ2n) is 5.58. The van der Waals surface area contributed by atoms with Gasteiger partial charge in [0.1, 0.15) is 5.69 Å². The van der Waals surface area contributed by atoms with Gasteiger partial charge in [0.05, 0.1) is 12.0 Å². The highest BCUT2D eigenvalue weighted by Gasteiger charge is 2.23. The molecule has 7 heteroatoms. The molecular formula is C18H20N2O5. The molecule has 0 fully saturated rings. The van der Waals surface area contributed by atoms with Gasteiger partial charge >= 0.3 is 11.7 Å². The van der Waals surface area contributed by atoms with Gasteiger partial charge in [-0.3, -0.25) is 14.9 Å². The van der Waals surface area contributed by atoms with E-state index in [1.807, 2.05) is 30.3 Å². The van der Waals surface area contributed by atoms with Crippen molar-refractivity contribution in [2.75, 3.05) is 12.4 Å². The van der Waals surface area contributed by atoms with E-state index in [4.69, 9.17) is 9.84 Å². The lowest BCUT2D eigenvalue weighted by molar-refractivity contribution is -0.384. The molecule has 1 atom stereocenters. The van der Waals surface area contributed by atoms with E-state index in [2.05, 4.69) is 5.32 Å². The molecule has 0 heterocycles. The molecule has 25 heavy (non-hydrogen) atoms. The van der Waals surface area contributed by atoms with Gasteiger partial charge in [-0.05, 0) is 30.5 Å². The summed E-state index contributed by atoms with van der Waals surface area (Å²) in [5, 5.41) is 23.5. The van der Waals surface area contributed by atoms with Gasteiger partial charge in [-0.2, -0.15) is 0 Å². The summed E-state index contributed by atoms with van der Waals surface area (Å²) in [6, 6.07) is 14.1. The Labute approximate surface area is 145 Å². The fourth-order valence-electron chi connectivity index (χ4n) is 2.63. The number of anilines is 1. The largest absolute Gasteiger partial charge is 0.490 e. The standard InChI is InChI=1S/C18H20N2O5/c1-25-16-9-5-8-15(18(16)20(23)24)19-14(10-11-17(21)22)12-13-6-3-2-4-7-13/h2-9,14,19H,10-12H2,1H3,(H,21,22). The first-order valence-electron chi connectivity index (χ1n) is 7.85. The SMILES string of the molecule is COc1cccc(NC(CCC(=O)O)Cc2ccccc2)c1[N+](=O)[O-]. The van der Waals surface area contributed by atoms with Crippen molar-refractivity contribution in [2.24, 2.45) is 0 Å². The summed E-state index contributed by atoms with van der Waals surface area (Å²) in [5.74, 6) is -0.744. The van der Waals surface area contributed by atoms with Crippen LogP contribution >= 0.6 is 0 Å². The summed E-state index contributed by atoms with van der Waals surface area (Å²) in [5.41, 5.74) is 1.19. The third kappa shape index (κ3) is 5.20. The highest BCUT2D eigenvalue weighted by molar-refractivity contribution is 5.69. The summed E-state index contributed by atoms with van der Waals surface area (Å²) in [4.78, 5) is 21.8. The Morgan fingerprint density at radius 2 is 1.96 bits per heavy atom. The molecule has 2 aromatic carbocycles. The molecule has 0 aliphatic carbocycles. The van der Waals surface area contributed by atoms with Gasteiger partial charge in [0, 0.05) is 12.5 Å². The number of nitrogens with one attached hydrogen (secondary N) is 1. The number of aliphatic carboxylic acids is 1. The zero-order chi connectivity index (χ0) is 18.2. The van der Waals surface area contributed by atoms with Gasteiger partial charge in [-0.1, -0.05) is 36.4 Å². The Bertz CT molecular complexity index is 734. The van der Waals surface area contributed by atoms with Crippen molar-refractivity contribution >= 4 is 17.3 Å². The lowest BCUT2D eigenvalue weighted by Crippen LogP contribution is -2.24. The number of carbonyl (C=O) groups is 1. The Hall–Kier alpha value is -3.09. The normalized spacial score (nSPS) is 11.6. The number of para-hydroxylation sites is 1. The maximum absolute atomic E-state index is 11.4. The quantitative estimate of drug-likeness (QED) is 0.533. The molecule has 0 saturated heterocycles. The maximum Gasteiger partial charge on any atom is 0.333 e. The maximum atomic E-state index is 11.4. The van der Waals surface area contributed by atoms with E-state index >= 15 is 0 Å². The average Bonchev–Trinajstić information content (AvgIpc) is 2.60. The van der Waals surface area contributed by atoms with Crippen molar-refractivity contribution in [1.82, 2.24) is 0 Å². The predicted molar refractivity (Wildman–Crippen MR) is 94.1 cm³/mol. The van der Waals surface area contributed by atoms with Gasteiger partial charge in [0.25, 0.3) is 0 Å². The highest BCUT2D eigenvalue weighted by Crippen LogP contribution is 2.35. The first-order valence-corrected chi connectivity index (χ1v) is 7.85. The smallest absolute Gasteiger partial charge is 0.333 e. The van der Waals surface area contributed by atoms with Crippen LogP contribution in [0.15, 0.2) is 48.5 Å². The highest BCUT2D eigenvalue weighted by atomic mass is 16.6. The van der Waals surface area contributed by atoms with Crippen LogP contribution < -0.4 is 10.1 Å². The molecule has 0 radical (unpaired) electrons. The summed E-state index contributed by atoms with van der Waals surface area (Å²) in [6.07, 6.45) is 0.878. The number of hydrogen-bond donors (Lipinski definition) is 2. The number of rotatable bonds is 9. The molecule has 0 aliphatic heterocycles. The monoisotopic (exact) mass is 344 g/mol. The number of hydrogen-bond acceptors (Lipinski definition) is 5. The fourth-order valence-corrected chi connectivity index (χ4v) is 2.63. The Kier molecular flexibility index (Phi) is 6.33. The topological polar surface area (TPSA) is 102 Å². The second-order valence-corrected chi connectivity index (χ2v) is 5.58. The summed E-state index contributed by atoms with van der Waals surface area (Å²) >= 11 is 0. The van der Waals surface area contributed by atoms with Crippen molar-refractivity contribution in [2.45, 2.75) is 25.3 Å². The number of nitro groups is 1. The third-order valence-corrected chi connectivity index (χ3v) is 3.79. The number of nitro benzene ring substituents is 1. The second kappa shape index (κ2) is 8.68.